The van der Waals surface area contributed by atoms with Crippen molar-refractivity contribution in [2.45, 2.75) is 12.2 Å². The Morgan fingerprint density at radius 1 is 0.857 bits per heavy atom. The normalized spacial score (nSPS) is 31.4. The summed E-state index contributed by atoms with van der Waals surface area (Å²) < 4.78 is 91.5. The molecule has 2 fully saturated rings. The lowest BCUT2D eigenvalue weighted by Gasteiger charge is -2.09. The van der Waals surface area contributed by atoms with Crippen molar-refractivity contribution in [1.29, 1.82) is 0 Å². The number of hydrogen-bond donors (Lipinski definition) is 0. The molecule has 2 atom stereocenters. The van der Waals surface area contributed by atoms with Gasteiger partial charge in [0.15, 0.2) is 0 Å². The van der Waals surface area contributed by atoms with Gasteiger partial charge in [-0.3, -0.25) is 0 Å². The van der Waals surface area contributed by atoms with Gasteiger partial charge in [-0.25, -0.2) is 25.1 Å². The highest BCUT2D eigenvalue weighted by atomic mass is 32.3. The maximum Gasteiger partial charge on any atom is 0.400 e. The van der Waals surface area contributed by atoms with Crippen molar-refractivity contribution in [2.75, 3.05) is 26.4 Å². The van der Waals surface area contributed by atoms with Crippen LogP contribution in [0.15, 0.2) is 0 Å². The molecular weight excluding hydrogens is 360 g/mol. The molecule has 0 aromatic heterocycles. The summed E-state index contributed by atoms with van der Waals surface area (Å²) in [7, 11) is -12.7. The molecule has 0 aliphatic carbocycles. The second-order valence-corrected chi connectivity index (χ2v) is 7.58. The quantitative estimate of drug-likeness (QED) is 0.488. The van der Waals surface area contributed by atoms with E-state index in [1.807, 2.05) is 0 Å². The Hall–Kier alpha value is -0.390. The summed E-state index contributed by atoms with van der Waals surface area (Å²) in [5.74, 6) is 0. The summed E-state index contributed by atoms with van der Waals surface area (Å²) in [5.41, 5.74) is 0. The largest absolute Gasteiger partial charge is 0.400 e. The molecule has 0 bridgehead atoms. The van der Waals surface area contributed by atoms with Gasteiger partial charge in [-0.15, -0.1) is 0 Å². The first-order valence-corrected chi connectivity index (χ1v) is 9.26. The summed E-state index contributed by atoms with van der Waals surface area (Å²) in [6.45, 7) is -2.09. The summed E-state index contributed by atoms with van der Waals surface area (Å²) in [6, 6.07) is 0. The van der Waals surface area contributed by atoms with Crippen molar-refractivity contribution < 1.29 is 50.4 Å². The van der Waals surface area contributed by atoms with Crippen LogP contribution in [-0.2, 0) is 56.3 Å². The van der Waals surface area contributed by atoms with Gasteiger partial charge >= 0.3 is 31.2 Å². The third-order valence-electron chi connectivity index (χ3n) is 2.10. The van der Waals surface area contributed by atoms with Crippen molar-refractivity contribution in [1.82, 2.24) is 0 Å². The molecule has 15 heteroatoms. The Labute approximate surface area is 120 Å². The van der Waals surface area contributed by atoms with Crippen LogP contribution in [0.1, 0.15) is 0 Å². The molecule has 21 heavy (non-hydrogen) atoms. The third-order valence-corrected chi connectivity index (χ3v) is 4.82. The molecule has 0 N–H and O–H groups in total. The van der Waals surface area contributed by atoms with Crippen molar-refractivity contribution >= 4 is 31.2 Å². The first kappa shape index (κ1) is 17.0. The minimum Gasteiger partial charge on any atom is -0.245 e. The molecule has 2 aliphatic rings. The van der Waals surface area contributed by atoms with Gasteiger partial charge in [-0.1, -0.05) is 0 Å². The maximum atomic E-state index is 11.3. The molecule has 2 aliphatic heterocycles. The highest BCUT2D eigenvalue weighted by Gasteiger charge is 2.34. The molecule has 2 saturated heterocycles. The second kappa shape index (κ2) is 6.01. The lowest BCUT2D eigenvalue weighted by atomic mass is 10.4. The van der Waals surface area contributed by atoms with Gasteiger partial charge in [-0.2, -0.15) is 25.3 Å². The fraction of sp³-hybridized carbons (Fsp3) is 1.00. The molecule has 2 heterocycles. The van der Waals surface area contributed by atoms with Gasteiger partial charge < -0.3 is 0 Å². The zero-order valence-corrected chi connectivity index (χ0v) is 12.6. The van der Waals surface area contributed by atoms with Crippen LogP contribution in [0.4, 0.5) is 0 Å². The van der Waals surface area contributed by atoms with Crippen molar-refractivity contribution in [3.05, 3.63) is 0 Å². The molecule has 0 radical (unpaired) electrons. The van der Waals surface area contributed by atoms with Gasteiger partial charge in [-0.05, 0) is 0 Å². The van der Waals surface area contributed by atoms with E-state index in [1.54, 1.807) is 0 Å². The Morgan fingerprint density at radius 2 is 1.24 bits per heavy atom. The van der Waals surface area contributed by atoms with Crippen LogP contribution in [0.2, 0.25) is 0 Å². The SMILES string of the molecule is O=S(=O)(OC[C@@H]1COS(=O)(=O)O1)OC[C@H]1COS(=O)(=O)O1. The zero-order chi connectivity index (χ0) is 15.7. The maximum absolute atomic E-state index is 11.3. The molecule has 0 saturated carbocycles. The lowest BCUT2D eigenvalue weighted by Crippen LogP contribution is -2.25. The van der Waals surface area contributed by atoms with E-state index in [0.29, 0.717) is 0 Å². The van der Waals surface area contributed by atoms with Crippen molar-refractivity contribution in [3.63, 3.8) is 0 Å². The second-order valence-electron chi connectivity index (χ2n) is 3.80. The fourth-order valence-electron chi connectivity index (χ4n) is 1.27. The minimum atomic E-state index is -4.49. The predicted octanol–water partition coefficient (Wildman–Crippen LogP) is -2.42. The van der Waals surface area contributed by atoms with Gasteiger partial charge in [0.2, 0.25) is 0 Å². The smallest absolute Gasteiger partial charge is 0.245 e. The molecule has 0 amide bonds. The van der Waals surface area contributed by atoms with E-state index in [-0.39, 0.29) is 0 Å². The third kappa shape index (κ3) is 5.38. The zero-order valence-electron chi connectivity index (χ0n) is 10.1. The highest BCUT2D eigenvalue weighted by molar-refractivity contribution is 7.82. The molecule has 12 nitrogen and oxygen atoms in total. The van der Waals surface area contributed by atoms with E-state index < -0.39 is 69.8 Å². The monoisotopic (exact) mass is 370 g/mol. The standard InChI is InChI=1S/C6H10O12S3/c7-19(8,13-1-5-3-15-20(9,10)17-5)14-2-6-4-16-21(11,12)18-6/h5-6H,1-4H2/t5-,6+. The lowest BCUT2D eigenvalue weighted by molar-refractivity contribution is 0.107. The first-order valence-electron chi connectivity index (χ1n) is 5.26. The Morgan fingerprint density at radius 3 is 1.52 bits per heavy atom. The van der Waals surface area contributed by atoms with E-state index >= 15 is 0 Å². The van der Waals surface area contributed by atoms with Gasteiger partial charge in [0.1, 0.15) is 12.2 Å². The van der Waals surface area contributed by atoms with Gasteiger partial charge in [0.05, 0.1) is 26.4 Å². The molecule has 124 valence electrons. The molecular formula is C6H10O12S3. The summed E-state index contributed by atoms with van der Waals surface area (Å²) >= 11 is 0. The first-order chi connectivity index (χ1) is 9.57. The van der Waals surface area contributed by atoms with Crippen LogP contribution in [0.5, 0.6) is 0 Å². The predicted molar refractivity (Wildman–Crippen MR) is 60.3 cm³/mol. The summed E-state index contributed by atoms with van der Waals surface area (Å²) in [5, 5.41) is 0. The molecule has 2 rings (SSSR count). The van der Waals surface area contributed by atoms with Crippen LogP contribution in [0.25, 0.3) is 0 Å². The van der Waals surface area contributed by atoms with E-state index in [2.05, 4.69) is 25.1 Å². The number of rotatable bonds is 6. The van der Waals surface area contributed by atoms with Crippen LogP contribution in [-0.4, -0.2) is 63.9 Å². The summed E-state index contributed by atoms with van der Waals surface area (Å²) in [4.78, 5) is 0. The van der Waals surface area contributed by atoms with Crippen LogP contribution >= 0.6 is 0 Å². The van der Waals surface area contributed by atoms with Crippen molar-refractivity contribution in [2.24, 2.45) is 0 Å². The highest BCUT2D eigenvalue weighted by Crippen LogP contribution is 2.16. The van der Waals surface area contributed by atoms with Gasteiger partial charge in [0, 0.05) is 0 Å². The molecule has 0 aromatic rings. The van der Waals surface area contributed by atoms with Gasteiger partial charge in [0.25, 0.3) is 0 Å². The van der Waals surface area contributed by atoms with Crippen LogP contribution < -0.4 is 0 Å². The minimum absolute atomic E-state index is 0.393. The Bertz CT molecular complexity index is 621. The van der Waals surface area contributed by atoms with E-state index in [4.69, 9.17) is 0 Å². The Balaban J connectivity index is 1.75. The average molecular weight is 370 g/mol. The molecule has 0 aromatic carbocycles. The van der Waals surface area contributed by atoms with Crippen molar-refractivity contribution in [3.8, 4) is 0 Å². The topological polar surface area (TPSA) is 158 Å². The summed E-state index contributed by atoms with van der Waals surface area (Å²) in [6.07, 6.45) is -2.25. The van der Waals surface area contributed by atoms with Crippen LogP contribution in [0, 0.1) is 0 Å². The number of hydrogen-bond acceptors (Lipinski definition) is 12. The van der Waals surface area contributed by atoms with E-state index in [1.165, 1.54) is 0 Å². The van der Waals surface area contributed by atoms with Crippen LogP contribution in [0.3, 0.4) is 0 Å². The molecule has 0 unspecified atom stereocenters. The van der Waals surface area contributed by atoms with E-state index in [0.717, 1.165) is 0 Å². The van der Waals surface area contributed by atoms with E-state index in [9.17, 15) is 25.3 Å². The fourth-order valence-corrected chi connectivity index (χ4v) is 3.61. The average Bonchev–Trinajstić information content (AvgIpc) is 2.87. The molecule has 0 spiro atoms. The Kier molecular flexibility index (Phi) is 4.86.